The second-order valence-electron chi connectivity index (χ2n) is 9.37. The Morgan fingerprint density at radius 2 is 1.95 bits per heavy atom. The molecule has 208 valence electrons. The zero-order chi connectivity index (χ0) is 28.3. The van der Waals surface area contributed by atoms with Crippen LogP contribution in [-0.2, 0) is 21.6 Å². The number of carboxylic acids is 1. The van der Waals surface area contributed by atoms with Gasteiger partial charge in [-0.3, -0.25) is 9.35 Å². The highest BCUT2D eigenvalue weighted by Gasteiger charge is 2.33. The second-order valence-corrected chi connectivity index (χ2v) is 10.8. The van der Waals surface area contributed by atoms with Crippen molar-refractivity contribution >= 4 is 38.7 Å². The van der Waals surface area contributed by atoms with Gasteiger partial charge in [0.25, 0.3) is 10.1 Å². The van der Waals surface area contributed by atoms with Gasteiger partial charge in [0.05, 0.1) is 23.9 Å². The Bertz CT molecular complexity index is 1570. The van der Waals surface area contributed by atoms with Crippen LogP contribution in [0.3, 0.4) is 0 Å². The molecule has 1 unspecified atom stereocenters. The molecule has 0 bridgehead atoms. The van der Waals surface area contributed by atoms with E-state index in [-0.39, 0.29) is 40.9 Å². The Kier molecular flexibility index (Phi) is 8.28. The van der Waals surface area contributed by atoms with Crippen molar-refractivity contribution in [2.24, 2.45) is 16.8 Å². The molecular weight excluding hydrogens is 533 g/mol. The summed E-state index contributed by atoms with van der Waals surface area (Å²) >= 11 is 0. The highest BCUT2D eigenvalue weighted by Crippen LogP contribution is 2.37. The molecule has 3 heterocycles. The van der Waals surface area contributed by atoms with Crippen LogP contribution in [-0.4, -0.2) is 65.2 Å². The Balaban J connectivity index is 0.000000648. The predicted octanol–water partition coefficient (Wildman–Crippen LogP) is 2.04. The Hall–Kier alpha value is -3.88. The van der Waals surface area contributed by atoms with E-state index in [0.29, 0.717) is 31.7 Å². The van der Waals surface area contributed by atoms with Crippen LogP contribution in [0.2, 0.25) is 0 Å². The number of carbonyl (C=O) groups is 1. The van der Waals surface area contributed by atoms with Gasteiger partial charge in [-0.1, -0.05) is 35.5 Å². The number of benzene rings is 1. The number of carboxylic acid groups (broad SMARTS) is 1. The largest absolute Gasteiger partial charge is 0.477 e. The molecule has 2 aromatic heterocycles. The van der Waals surface area contributed by atoms with Crippen LogP contribution < -0.4 is 16.1 Å². The number of hydrogen-bond acceptors (Lipinski definition) is 9. The summed E-state index contributed by atoms with van der Waals surface area (Å²) in [7, 11) is -3.67. The van der Waals surface area contributed by atoms with Gasteiger partial charge in [0, 0.05) is 31.2 Å². The topological polar surface area (TPSA) is 177 Å². The minimum absolute atomic E-state index is 0.0392. The second kappa shape index (κ2) is 11.5. The van der Waals surface area contributed by atoms with Crippen molar-refractivity contribution in [2.45, 2.75) is 25.5 Å². The lowest BCUT2D eigenvalue weighted by molar-refractivity contribution is 0.0694. The number of aromatic carboxylic acids is 1. The number of aromatic nitrogens is 2. The van der Waals surface area contributed by atoms with Gasteiger partial charge in [-0.25, -0.2) is 14.2 Å². The lowest BCUT2D eigenvalue weighted by atomic mass is 10.1. The monoisotopic (exact) mass is 561 g/mol. The fraction of sp³-hybridized carbons (Fsp3) is 0.360. The fourth-order valence-corrected chi connectivity index (χ4v) is 4.24. The van der Waals surface area contributed by atoms with E-state index in [0.717, 1.165) is 24.5 Å². The summed E-state index contributed by atoms with van der Waals surface area (Å²) in [4.78, 5) is 35.9. The number of anilines is 1. The molecule has 2 fully saturated rings. The molecule has 39 heavy (non-hydrogen) atoms. The van der Waals surface area contributed by atoms with Crippen LogP contribution in [0, 0.1) is 11.7 Å². The first-order valence-electron chi connectivity index (χ1n) is 12.0. The molecule has 1 saturated heterocycles. The number of oxime groups is 1. The van der Waals surface area contributed by atoms with Crippen molar-refractivity contribution < 1.29 is 32.1 Å². The normalized spacial score (nSPS) is 18.2. The fourth-order valence-electron chi connectivity index (χ4n) is 4.24. The van der Waals surface area contributed by atoms with E-state index in [4.69, 9.17) is 15.1 Å². The third kappa shape index (κ3) is 6.96. The van der Waals surface area contributed by atoms with Gasteiger partial charge >= 0.3 is 5.97 Å². The number of nitrogens with zero attached hydrogens (tertiary/aromatic N) is 4. The average molecular weight is 562 g/mol. The van der Waals surface area contributed by atoms with Crippen molar-refractivity contribution in [1.82, 2.24) is 9.55 Å². The van der Waals surface area contributed by atoms with Crippen molar-refractivity contribution in [3.05, 3.63) is 69.8 Å². The van der Waals surface area contributed by atoms with Gasteiger partial charge in [0.2, 0.25) is 5.43 Å². The molecule has 1 aromatic carbocycles. The van der Waals surface area contributed by atoms with Gasteiger partial charge in [-0.2, -0.15) is 8.42 Å². The summed E-state index contributed by atoms with van der Waals surface area (Å²) in [5, 5.41) is 13.6. The standard InChI is InChI=1S/C24H24FN5O4.CH4O3S/c25-19-8-17-21(31)18(24(32)33)11-30(16-6-7-16)22(17)27-23(19)29-10-15(9-26)20(12-29)28-34-13-14-4-2-1-3-5-14;1-5(2,3)4/h1-5,8,11,15-16H,6-7,9-10,12-13,26H2,(H,32,33);1H3,(H,2,3,4)/b28-20+;. The summed E-state index contributed by atoms with van der Waals surface area (Å²) in [6.07, 6.45) is 3.73. The summed E-state index contributed by atoms with van der Waals surface area (Å²) in [5.41, 5.74) is 6.76. The average Bonchev–Trinajstić information content (AvgIpc) is 3.63. The van der Waals surface area contributed by atoms with Crippen molar-refractivity contribution in [1.29, 1.82) is 0 Å². The number of fused-ring (bicyclic) bond motifs is 1. The molecule has 1 atom stereocenters. The minimum atomic E-state index is -3.67. The first-order chi connectivity index (χ1) is 18.5. The van der Waals surface area contributed by atoms with E-state index in [1.807, 2.05) is 30.3 Å². The van der Waals surface area contributed by atoms with E-state index in [1.165, 1.54) is 6.20 Å². The third-order valence-corrected chi connectivity index (χ3v) is 6.21. The van der Waals surface area contributed by atoms with E-state index < -0.39 is 27.3 Å². The van der Waals surface area contributed by atoms with Crippen LogP contribution >= 0.6 is 0 Å². The van der Waals surface area contributed by atoms with Gasteiger partial charge in [0.1, 0.15) is 17.8 Å². The Morgan fingerprint density at radius 3 is 2.54 bits per heavy atom. The molecule has 0 radical (unpaired) electrons. The molecule has 5 rings (SSSR count). The van der Waals surface area contributed by atoms with Crippen molar-refractivity contribution in [2.75, 3.05) is 30.8 Å². The zero-order valence-electron chi connectivity index (χ0n) is 21.0. The first-order valence-corrected chi connectivity index (χ1v) is 13.9. The number of halogens is 1. The molecule has 2 aliphatic rings. The maximum absolute atomic E-state index is 15.2. The lowest BCUT2D eigenvalue weighted by Crippen LogP contribution is -2.26. The maximum atomic E-state index is 15.2. The van der Waals surface area contributed by atoms with E-state index in [2.05, 4.69) is 10.1 Å². The highest BCUT2D eigenvalue weighted by atomic mass is 32.2. The predicted molar refractivity (Wildman–Crippen MR) is 142 cm³/mol. The van der Waals surface area contributed by atoms with Crippen LogP contribution in [0.15, 0.2) is 52.5 Å². The molecule has 0 spiro atoms. The zero-order valence-corrected chi connectivity index (χ0v) is 21.8. The maximum Gasteiger partial charge on any atom is 0.341 e. The minimum Gasteiger partial charge on any atom is -0.477 e. The quantitative estimate of drug-likeness (QED) is 0.286. The van der Waals surface area contributed by atoms with Gasteiger partial charge in [-0.05, 0) is 24.5 Å². The summed E-state index contributed by atoms with van der Waals surface area (Å²) in [5.74, 6) is -2.09. The van der Waals surface area contributed by atoms with Crippen LogP contribution in [0.25, 0.3) is 11.0 Å². The van der Waals surface area contributed by atoms with Gasteiger partial charge in [0.15, 0.2) is 11.6 Å². The molecule has 0 amide bonds. The molecule has 12 nitrogen and oxygen atoms in total. The number of pyridine rings is 2. The molecule has 3 aromatic rings. The van der Waals surface area contributed by atoms with Gasteiger partial charge in [-0.15, -0.1) is 0 Å². The molecule has 1 aliphatic heterocycles. The number of rotatable bonds is 7. The Morgan fingerprint density at radius 1 is 1.28 bits per heavy atom. The molecular formula is C25H28FN5O7S. The van der Waals surface area contributed by atoms with Crippen LogP contribution in [0.5, 0.6) is 0 Å². The van der Waals surface area contributed by atoms with E-state index in [9.17, 15) is 23.1 Å². The van der Waals surface area contributed by atoms with E-state index >= 15 is 4.39 Å². The van der Waals surface area contributed by atoms with Crippen molar-refractivity contribution in [3.8, 4) is 0 Å². The van der Waals surface area contributed by atoms with E-state index in [1.54, 1.807) is 9.47 Å². The molecule has 1 aliphatic carbocycles. The lowest BCUT2D eigenvalue weighted by Gasteiger charge is -2.19. The van der Waals surface area contributed by atoms with Crippen LogP contribution in [0.4, 0.5) is 10.2 Å². The SMILES string of the molecule is CS(=O)(=O)O.NCC1CN(c2nc3c(cc2F)c(=O)c(C(=O)O)cn3C2CC2)C/C1=N\OCc1ccccc1. The third-order valence-electron chi connectivity index (χ3n) is 6.21. The summed E-state index contributed by atoms with van der Waals surface area (Å²) in [6.45, 7) is 1.31. The number of hydrogen-bond donors (Lipinski definition) is 3. The smallest absolute Gasteiger partial charge is 0.341 e. The first kappa shape index (κ1) is 28.1. The van der Waals surface area contributed by atoms with Crippen LogP contribution in [0.1, 0.15) is 34.8 Å². The van der Waals surface area contributed by atoms with Gasteiger partial charge < -0.3 is 25.1 Å². The summed E-state index contributed by atoms with van der Waals surface area (Å²) < 4.78 is 42.7. The molecule has 14 heteroatoms. The summed E-state index contributed by atoms with van der Waals surface area (Å²) in [6, 6.07) is 10.8. The number of nitrogens with two attached hydrogens (primary N) is 1. The molecule has 1 saturated carbocycles. The Labute approximate surface area is 223 Å². The van der Waals surface area contributed by atoms with Crippen molar-refractivity contribution in [3.63, 3.8) is 0 Å². The highest BCUT2D eigenvalue weighted by molar-refractivity contribution is 7.85. The molecule has 4 N–H and O–H groups in total.